The molecule has 7 rings (SSSR count). The van der Waals surface area contributed by atoms with Gasteiger partial charge in [0.15, 0.2) is 0 Å². The van der Waals surface area contributed by atoms with Crippen molar-refractivity contribution < 1.29 is 0 Å². The van der Waals surface area contributed by atoms with Gasteiger partial charge in [-0.05, 0) is 46.0 Å². The lowest BCUT2D eigenvalue weighted by Gasteiger charge is -2.14. The van der Waals surface area contributed by atoms with Crippen LogP contribution in [-0.2, 0) is 0 Å². The van der Waals surface area contributed by atoms with E-state index in [-0.39, 0.29) is 11.2 Å². The lowest BCUT2D eigenvalue weighted by Crippen LogP contribution is -2.11. The van der Waals surface area contributed by atoms with Gasteiger partial charge >= 0.3 is 0 Å². The summed E-state index contributed by atoms with van der Waals surface area (Å²) in [6.07, 6.45) is 0. The minimum atomic E-state index is -0.0928. The predicted molar refractivity (Wildman–Crippen MR) is 132 cm³/mol. The maximum absolute atomic E-state index is 6.53. The van der Waals surface area contributed by atoms with Crippen LogP contribution < -0.4 is 0 Å². The number of halogens is 1. The zero-order chi connectivity index (χ0) is 21.9. The molecule has 6 aromatic rings. The predicted octanol–water partition coefficient (Wildman–Crippen LogP) is 6.78. The van der Waals surface area contributed by atoms with E-state index in [1.54, 1.807) is 0 Å². The van der Waals surface area contributed by atoms with E-state index in [1.807, 2.05) is 12.1 Å². The van der Waals surface area contributed by atoms with Crippen molar-refractivity contribution in [3.63, 3.8) is 0 Å². The zero-order valence-corrected chi connectivity index (χ0v) is 18.2. The van der Waals surface area contributed by atoms with E-state index < -0.39 is 0 Å². The van der Waals surface area contributed by atoms with Crippen molar-refractivity contribution in [2.75, 3.05) is 0 Å². The molecule has 2 heterocycles. The van der Waals surface area contributed by atoms with Crippen molar-refractivity contribution in [2.24, 2.45) is 0 Å². The molecular weight excluding hydrogens is 428 g/mol. The molecule has 0 N–H and O–H groups in total. The van der Waals surface area contributed by atoms with Crippen molar-refractivity contribution in [3.05, 3.63) is 119 Å². The van der Waals surface area contributed by atoms with E-state index in [1.165, 1.54) is 22.3 Å². The van der Waals surface area contributed by atoms with Gasteiger partial charge in [-0.25, -0.2) is 4.98 Å². The summed E-state index contributed by atoms with van der Waals surface area (Å²) in [7, 11) is 0. The smallest absolute Gasteiger partial charge is 0.239 e. The van der Waals surface area contributed by atoms with Crippen LogP contribution in [0.15, 0.2) is 97.1 Å². The molecule has 1 aliphatic carbocycles. The molecule has 0 saturated carbocycles. The molecule has 156 valence electrons. The second kappa shape index (κ2) is 6.99. The molecule has 0 radical (unpaired) electrons. The molecule has 0 fully saturated rings. The average Bonchev–Trinajstić information content (AvgIpc) is 3.37. The number of nitrogens with zero attached hydrogens (tertiary/aromatic N) is 4. The molecule has 4 aromatic carbocycles. The summed E-state index contributed by atoms with van der Waals surface area (Å²) in [6, 6.07) is 33.5. The standard InChI is InChI=1S/C28H17ClN4/c29-27-30-26(25-21-13-3-1-9-17(21)18-10-2-4-14-22(18)25)31-28(32-27)33-23-15-7-5-11-19(23)20-12-6-8-16-24(20)33/h1-16,25H. The minimum absolute atomic E-state index is 0.0928. The Hall–Kier alpha value is -4.02. The van der Waals surface area contributed by atoms with Gasteiger partial charge in [-0.3, -0.25) is 4.57 Å². The molecule has 2 aromatic heterocycles. The molecule has 0 unspecified atom stereocenters. The highest BCUT2D eigenvalue weighted by atomic mass is 35.5. The topological polar surface area (TPSA) is 43.6 Å². The molecule has 0 saturated heterocycles. The fourth-order valence-corrected chi connectivity index (χ4v) is 5.32. The van der Waals surface area contributed by atoms with Crippen LogP contribution in [0, 0.1) is 0 Å². The monoisotopic (exact) mass is 444 g/mol. The molecule has 0 aliphatic heterocycles. The Kier molecular flexibility index (Phi) is 3.93. The van der Waals surface area contributed by atoms with Gasteiger partial charge in [0, 0.05) is 10.8 Å². The summed E-state index contributed by atoms with van der Waals surface area (Å²) in [5.74, 6) is 1.10. The van der Waals surface area contributed by atoms with Gasteiger partial charge < -0.3 is 0 Å². The highest BCUT2D eigenvalue weighted by Crippen LogP contribution is 2.47. The Morgan fingerprint density at radius 1 is 0.576 bits per heavy atom. The van der Waals surface area contributed by atoms with Crippen LogP contribution in [-0.4, -0.2) is 19.5 Å². The zero-order valence-electron chi connectivity index (χ0n) is 17.5. The van der Waals surface area contributed by atoms with Gasteiger partial charge in [0.1, 0.15) is 5.82 Å². The first kappa shape index (κ1) is 18.5. The molecule has 0 spiro atoms. The van der Waals surface area contributed by atoms with Gasteiger partial charge in [0.05, 0.1) is 17.0 Å². The summed E-state index contributed by atoms with van der Waals surface area (Å²) in [5, 5.41) is 2.50. The van der Waals surface area contributed by atoms with Gasteiger partial charge in [-0.2, -0.15) is 9.97 Å². The third-order valence-electron chi connectivity index (χ3n) is 6.49. The Morgan fingerprint density at radius 3 is 1.70 bits per heavy atom. The number of benzene rings is 4. The Balaban J connectivity index is 1.51. The molecule has 0 atom stereocenters. The Labute approximate surface area is 195 Å². The van der Waals surface area contributed by atoms with Crippen molar-refractivity contribution >= 4 is 33.4 Å². The van der Waals surface area contributed by atoms with E-state index in [4.69, 9.17) is 16.6 Å². The number of rotatable bonds is 2. The van der Waals surface area contributed by atoms with Gasteiger partial charge in [0.2, 0.25) is 11.2 Å². The van der Waals surface area contributed by atoms with Crippen LogP contribution >= 0.6 is 11.6 Å². The first-order valence-corrected chi connectivity index (χ1v) is 11.3. The number of fused-ring (bicyclic) bond motifs is 6. The van der Waals surface area contributed by atoms with Gasteiger partial charge in [-0.15, -0.1) is 0 Å². The molecule has 4 nitrogen and oxygen atoms in total. The van der Waals surface area contributed by atoms with E-state index in [9.17, 15) is 0 Å². The third kappa shape index (κ3) is 2.68. The first-order valence-electron chi connectivity index (χ1n) is 10.9. The van der Waals surface area contributed by atoms with Crippen molar-refractivity contribution in [1.82, 2.24) is 19.5 Å². The molecule has 0 amide bonds. The Morgan fingerprint density at radius 2 is 1.09 bits per heavy atom. The first-order chi connectivity index (χ1) is 16.3. The van der Waals surface area contributed by atoms with E-state index in [2.05, 4.69) is 99.5 Å². The van der Waals surface area contributed by atoms with Gasteiger partial charge in [0.25, 0.3) is 0 Å². The van der Waals surface area contributed by atoms with Crippen LogP contribution in [0.25, 0.3) is 38.9 Å². The maximum Gasteiger partial charge on any atom is 0.239 e. The molecule has 1 aliphatic rings. The SMILES string of the molecule is Clc1nc(C2c3ccccc3-c3ccccc32)nc(-n2c3ccccc3c3ccccc32)n1. The highest BCUT2D eigenvalue weighted by molar-refractivity contribution is 6.28. The Bertz CT molecular complexity index is 1600. The second-order valence-corrected chi connectivity index (χ2v) is 8.58. The molecule has 33 heavy (non-hydrogen) atoms. The van der Waals surface area contributed by atoms with Crippen LogP contribution in [0.1, 0.15) is 22.9 Å². The average molecular weight is 445 g/mol. The lowest BCUT2D eigenvalue weighted by molar-refractivity contribution is 0.818. The summed E-state index contributed by atoms with van der Waals surface area (Å²) in [4.78, 5) is 14.2. The largest absolute Gasteiger partial charge is 0.278 e. The number of hydrogen-bond donors (Lipinski definition) is 0. The second-order valence-electron chi connectivity index (χ2n) is 8.24. The van der Waals surface area contributed by atoms with Gasteiger partial charge in [-0.1, -0.05) is 84.9 Å². The fraction of sp³-hybridized carbons (Fsp3) is 0.0357. The number of aromatic nitrogens is 4. The van der Waals surface area contributed by atoms with Crippen LogP contribution in [0.5, 0.6) is 0 Å². The maximum atomic E-state index is 6.53. The van der Waals surface area contributed by atoms with Crippen LogP contribution in [0.4, 0.5) is 0 Å². The summed E-state index contributed by atoms with van der Waals surface area (Å²) in [5.41, 5.74) is 6.89. The fourth-order valence-electron chi connectivity index (χ4n) is 5.16. The summed E-state index contributed by atoms with van der Waals surface area (Å²) < 4.78 is 2.08. The van der Waals surface area contributed by atoms with Crippen molar-refractivity contribution in [3.8, 4) is 17.1 Å². The van der Waals surface area contributed by atoms with Crippen LogP contribution in [0.2, 0.25) is 5.28 Å². The normalized spacial score (nSPS) is 12.9. The number of para-hydroxylation sites is 2. The third-order valence-corrected chi connectivity index (χ3v) is 6.65. The quantitative estimate of drug-likeness (QED) is 0.295. The lowest BCUT2D eigenvalue weighted by atomic mass is 9.96. The summed E-state index contributed by atoms with van der Waals surface area (Å²) in [6.45, 7) is 0. The minimum Gasteiger partial charge on any atom is -0.278 e. The van der Waals surface area contributed by atoms with E-state index >= 15 is 0 Å². The molecule has 5 heteroatoms. The summed E-state index contributed by atoms with van der Waals surface area (Å²) >= 11 is 6.53. The molecule has 0 bridgehead atoms. The van der Waals surface area contributed by atoms with E-state index in [0.29, 0.717) is 11.8 Å². The van der Waals surface area contributed by atoms with E-state index in [0.717, 1.165) is 21.8 Å². The van der Waals surface area contributed by atoms with Crippen LogP contribution in [0.3, 0.4) is 0 Å². The molecular formula is C28H17ClN4. The number of hydrogen-bond acceptors (Lipinski definition) is 3. The van der Waals surface area contributed by atoms with Crippen molar-refractivity contribution in [1.29, 1.82) is 0 Å². The highest BCUT2D eigenvalue weighted by Gasteiger charge is 2.32. The van der Waals surface area contributed by atoms with Crippen molar-refractivity contribution in [2.45, 2.75) is 5.92 Å².